The summed E-state index contributed by atoms with van der Waals surface area (Å²) in [5.41, 5.74) is 2.15. The predicted octanol–water partition coefficient (Wildman–Crippen LogP) is 3.94. The fraction of sp³-hybridized carbons (Fsp3) is 0.0556. The van der Waals surface area contributed by atoms with Crippen LogP contribution in [0, 0.1) is 5.82 Å². The quantitative estimate of drug-likeness (QED) is 0.754. The number of hydrogen-bond donors (Lipinski definition) is 2. The largest absolute Gasteiger partial charge is 0.457 e. The zero-order valence-electron chi connectivity index (χ0n) is 12.0. The standard InChI is InChI=1S/C18H13FN2O2/c19-12-7-5-11(6-8-12)15-9-10-16(23-15)17-20-14-4-2-1-3-13(14)18(22)21-17/h1-10,17,20H,(H,21,22). The van der Waals surface area contributed by atoms with Crippen molar-refractivity contribution in [2.24, 2.45) is 0 Å². The fourth-order valence-corrected chi connectivity index (χ4v) is 2.63. The van der Waals surface area contributed by atoms with E-state index in [-0.39, 0.29) is 11.7 Å². The minimum atomic E-state index is -0.438. The summed E-state index contributed by atoms with van der Waals surface area (Å²) in [6, 6.07) is 17.0. The molecular weight excluding hydrogens is 295 g/mol. The van der Waals surface area contributed by atoms with Gasteiger partial charge in [0.15, 0.2) is 6.17 Å². The Kier molecular flexibility index (Phi) is 3.12. The summed E-state index contributed by atoms with van der Waals surface area (Å²) in [4.78, 5) is 12.1. The minimum Gasteiger partial charge on any atom is -0.457 e. The summed E-state index contributed by atoms with van der Waals surface area (Å²) in [6.45, 7) is 0. The Labute approximate surface area is 131 Å². The molecule has 114 valence electrons. The van der Waals surface area contributed by atoms with Crippen LogP contribution in [0.25, 0.3) is 11.3 Å². The number of hydrogen-bond acceptors (Lipinski definition) is 3. The molecule has 1 unspecified atom stereocenters. The second-order valence-electron chi connectivity index (χ2n) is 5.31. The fourth-order valence-electron chi connectivity index (χ4n) is 2.63. The van der Waals surface area contributed by atoms with E-state index in [0.717, 1.165) is 11.3 Å². The van der Waals surface area contributed by atoms with Gasteiger partial charge in [0.25, 0.3) is 5.91 Å². The van der Waals surface area contributed by atoms with E-state index in [1.54, 1.807) is 30.3 Å². The number of fused-ring (bicyclic) bond motifs is 1. The van der Waals surface area contributed by atoms with Gasteiger partial charge in [-0.1, -0.05) is 12.1 Å². The first kappa shape index (κ1) is 13.6. The van der Waals surface area contributed by atoms with Crippen molar-refractivity contribution in [3.05, 3.63) is 77.8 Å². The molecule has 1 aliphatic rings. The van der Waals surface area contributed by atoms with Gasteiger partial charge < -0.3 is 15.1 Å². The highest BCUT2D eigenvalue weighted by Gasteiger charge is 2.26. The van der Waals surface area contributed by atoms with Gasteiger partial charge in [0, 0.05) is 11.3 Å². The van der Waals surface area contributed by atoms with Crippen LogP contribution in [0.15, 0.2) is 65.1 Å². The van der Waals surface area contributed by atoms with Crippen molar-refractivity contribution < 1.29 is 13.6 Å². The monoisotopic (exact) mass is 308 g/mol. The van der Waals surface area contributed by atoms with Gasteiger partial charge in [-0.15, -0.1) is 0 Å². The summed E-state index contributed by atoms with van der Waals surface area (Å²) in [5, 5.41) is 6.09. The molecular formula is C18H13FN2O2. The SMILES string of the molecule is O=C1NC(c2ccc(-c3ccc(F)cc3)o2)Nc2ccccc21. The number of furan rings is 1. The van der Waals surface area contributed by atoms with E-state index in [2.05, 4.69) is 10.6 Å². The number of carbonyl (C=O) groups is 1. The Balaban J connectivity index is 1.63. The molecule has 0 saturated carbocycles. The molecule has 4 nitrogen and oxygen atoms in total. The normalized spacial score (nSPS) is 16.4. The molecule has 2 N–H and O–H groups in total. The topological polar surface area (TPSA) is 54.3 Å². The Morgan fingerprint density at radius 1 is 0.913 bits per heavy atom. The number of nitrogens with one attached hydrogen (secondary N) is 2. The lowest BCUT2D eigenvalue weighted by Crippen LogP contribution is -2.38. The molecule has 4 rings (SSSR count). The van der Waals surface area contributed by atoms with Crippen LogP contribution < -0.4 is 10.6 Å². The molecule has 1 aromatic heterocycles. The lowest BCUT2D eigenvalue weighted by molar-refractivity contribution is 0.0931. The number of amides is 1. The van der Waals surface area contributed by atoms with Gasteiger partial charge in [-0.2, -0.15) is 0 Å². The lowest BCUT2D eigenvalue weighted by Gasteiger charge is -2.26. The molecule has 3 aromatic rings. The van der Waals surface area contributed by atoms with E-state index >= 15 is 0 Å². The molecule has 5 heteroatoms. The number of benzene rings is 2. The molecule has 2 heterocycles. The van der Waals surface area contributed by atoms with Gasteiger partial charge in [-0.3, -0.25) is 4.79 Å². The van der Waals surface area contributed by atoms with Crippen molar-refractivity contribution in [3.63, 3.8) is 0 Å². The Morgan fingerprint density at radius 3 is 2.52 bits per heavy atom. The van der Waals surface area contributed by atoms with Crippen LogP contribution in [-0.2, 0) is 0 Å². The third kappa shape index (κ3) is 2.46. The van der Waals surface area contributed by atoms with Gasteiger partial charge >= 0.3 is 0 Å². The predicted molar refractivity (Wildman–Crippen MR) is 84.4 cm³/mol. The summed E-state index contributed by atoms with van der Waals surface area (Å²) >= 11 is 0. The van der Waals surface area contributed by atoms with Crippen molar-refractivity contribution >= 4 is 11.6 Å². The first-order valence-electron chi connectivity index (χ1n) is 7.23. The Morgan fingerprint density at radius 2 is 1.70 bits per heavy atom. The zero-order chi connectivity index (χ0) is 15.8. The average Bonchev–Trinajstić information content (AvgIpc) is 3.05. The molecule has 23 heavy (non-hydrogen) atoms. The zero-order valence-corrected chi connectivity index (χ0v) is 12.0. The van der Waals surface area contributed by atoms with Crippen LogP contribution in [0.1, 0.15) is 22.3 Å². The molecule has 0 saturated heterocycles. The second kappa shape index (κ2) is 5.28. The molecule has 0 fully saturated rings. The summed E-state index contributed by atoms with van der Waals surface area (Å²) in [6.07, 6.45) is -0.438. The van der Waals surface area contributed by atoms with E-state index in [1.165, 1.54) is 12.1 Å². The Bertz CT molecular complexity index is 871. The van der Waals surface area contributed by atoms with Gasteiger partial charge in [-0.25, -0.2) is 4.39 Å². The molecule has 0 bridgehead atoms. The molecule has 1 amide bonds. The third-order valence-corrected chi connectivity index (χ3v) is 3.79. The van der Waals surface area contributed by atoms with Crippen molar-refractivity contribution in [2.75, 3.05) is 5.32 Å². The number of rotatable bonds is 2. The first-order valence-corrected chi connectivity index (χ1v) is 7.23. The second-order valence-corrected chi connectivity index (χ2v) is 5.31. The molecule has 1 atom stereocenters. The van der Waals surface area contributed by atoms with Crippen LogP contribution in [0.5, 0.6) is 0 Å². The molecule has 0 radical (unpaired) electrons. The molecule has 1 aliphatic heterocycles. The molecule has 0 spiro atoms. The van der Waals surface area contributed by atoms with E-state index in [1.807, 2.05) is 18.2 Å². The van der Waals surface area contributed by atoms with Crippen molar-refractivity contribution in [3.8, 4) is 11.3 Å². The number of anilines is 1. The lowest BCUT2D eigenvalue weighted by atomic mass is 10.1. The number of carbonyl (C=O) groups excluding carboxylic acids is 1. The maximum atomic E-state index is 13.0. The summed E-state index contributed by atoms with van der Waals surface area (Å²) in [7, 11) is 0. The smallest absolute Gasteiger partial charge is 0.255 e. The van der Waals surface area contributed by atoms with Gasteiger partial charge in [0.1, 0.15) is 17.3 Å². The molecule has 2 aromatic carbocycles. The third-order valence-electron chi connectivity index (χ3n) is 3.79. The van der Waals surface area contributed by atoms with Crippen LogP contribution in [0.4, 0.5) is 10.1 Å². The van der Waals surface area contributed by atoms with E-state index < -0.39 is 6.17 Å². The van der Waals surface area contributed by atoms with Gasteiger partial charge in [0.05, 0.1) is 5.56 Å². The highest BCUT2D eigenvalue weighted by atomic mass is 19.1. The summed E-state index contributed by atoms with van der Waals surface area (Å²) < 4.78 is 18.8. The van der Waals surface area contributed by atoms with E-state index in [0.29, 0.717) is 17.1 Å². The van der Waals surface area contributed by atoms with Gasteiger partial charge in [-0.05, 0) is 48.5 Å². The highest BCUT2D eigenvalue weighted by Crippen LogP contribution is 2.30. The van der Waals surface area contributed by atoms with Crippen LogP contribution in [0.3, 0.4) is 0 Å². The highest BCUT2D eigenvalue weighted by molar-refractivity contribution is 6.01. The average molecular weight is 308 g/mol. The van der Waals surface area contributed by atoms with Crippen LogP contribution in [0.2, 0.25) is 0 Å². The number of halogens is 1. The van der Waals surface area contributed by atoms with Crippen LogP contribution in [-0.4, -0.2) is 5.91 Å². The maximum Gasteiger partial charge on any atom is 0.255 e. The van der Waals surface area contributed by atoms with Crippen LogP contribution >= 0.6 is 0 Å². The summed E-state index contributed by atoms with van der Waals surface area (Å²) in [5.74, 6) is 0.768. The first-order chi connectivity index (χ1) is 11.2. The van der Waals surface area contributed by atoms with Gasteiger partial charge in [0.2, 0.25) is 0 Å². The van der Waals surface area contributed by atoms with E-state index in [4.69, 9.17) is 4.42 Å². The minimum absolute atomic E-state index is 0.149. The van der Waals surface area contributed by atoms with Crippen molar-refractivity contribution in [1.82, 2.24) is 5.32 Å². The van der Waals surface area contributed by atoms with Crippen molar-refractivity contribution in [2.45, 2.75) is 6.17 Å². The molecule has 0 aliphatic carbocycles. The Hall–Kier alpha value is -3.08. The van der Waals surface area contributed by atoms with E-state index in [9.17, 15) is 9.18 Å². The van der Waals surface area contributed by atoms with Crippen molar-refractivity contribution in [1.29, 1.82) is 0 Å². The number of para-hydroxylation sites is 1. The maximum absolute atomic E-state index is 13.0.